The van der Waals surface area contributed by atoms with Gasteiger partial charge < -0.3 is 0 Å². The third-order valence-electron chi connectivity index (χ3n) is 4.13. The minimum Gasteiger partial charge on any atom is -0.289 e. The van der Waals surface area contributed by atoms with Crippen LogP contribution in [0.5, 0.6) is 0 Å². The number of thiazole rings is 1. The molecule has 0 bridgehead atoms. The Balaban J connectivity index is 1.65. The van der Waals surface area contributed by atoms with Crippen molar-refractivity contribution in [2.24, 2.45) is 0 Å². The zero-order valence-electron chi connectivity index (χ0n) is 14.5. The zero-order valence-corrected chi connectivity index (χ0v) is 15.3. The normalized spacial score (nSPS) is 11.7. The molecule has 0 atom stereocenters. The fourth-order valence-corrected chi connectivity index (χ4v) is 3.59. The number of nitrogens with zero attached hydrogens (tertiary/aromatic N) is 3. The number of fused-ring (bicyclic) bond motifs is 1. The van der Waals surface area contributed by atoms with Gasteiger partial charge in [-0.1, -0.05) is 42.0 Å². The SMILES string of the molecule is Cc1ccc(-c2csc3nc(NC(=O)c4ccccc4C(F)(F)F)nn23)cc1. The van der Waals surface area contributed by atoms with Gasteiger partial charge in [0.15, 0.2) is 0 Å². The van der Waals surface area contributed by atoms with Gasteiger partial charge >= 0.3 is 6.18 Å². The third-order valence-corrected chi connectivity index (χ3v) is 4.95. The number of aromatic nitrogens is 3. The first-order chi connectivity index (χ1) is 13.3. The molecule has 0 aliphatic rings. The Hall–Kier alpha value is -3.20. The second-order valence-electron chi connectivity index (χ2n) is 6.11. The second kappa shape index (κ2) is 6.75. The van der Waals surface area contributed by atoms with Gasteiger partial charge in [-0.25, -0.2) is 4.52 Å². The van der Waals surface area contributed by atoms with E-state index in [1.165, 1.54) is 23.5 Å². The van der Waals surface area contributed by atoms with Crippen LogP contribution in [0.3, 0.4) is 0 Å². The van der Waals surface area contributed by atoms with Gasteiger partial charge in [0.25, 0.3) is 11.9 Å². The van der Waals surface area contributed by atoms with E-state index in [9.17, 15) is 18.0 Å². The Kier molecular flexibility index (Phi) is 4.38. The van der Waals surface area contributed by atoms with E-state index in [0.29, 0.717) is 4.96 Å². The van der Waals surface area contributed by atoms with Crippen molar-refractivity contribution < 1.29 is 18.0 Å². The van der Waals surface area contributed by atoms with Crippen LogP contribution < -0.4 is 5.32 Å². The number of aryl methyl sites for hydroxylation is 1. The lowest BCUT2D eigenvalue weighted by molar-refractivity contribution is -0.137. The van der Waals surface area contributed by atoms with Crippen molar-refractivity contribution in [3.8, 4) is 11.3 Å². The molecule has 0 fully saturated rings. The van der Waals surface area contributed by atoms with Crippen LogP contribution in [-0.4, -0.2) is 20.5 Å². The maximum absolute atomic E-state index is 13.1. The summed E-state index contributed by atoms with van der Waals surface area (Å²) < 4.78 is 40.9. The van der Waals surface area contributed by atoms with Gasteiger partial charge in [-0.05, 0) is 19.1 Å². The lowest BCUT2D eigenvalue weighted by Crippen LogP contribution is -2.19. The van der Waals surface area contributed by atoms with Crippen LogP contribution in [0.25, 0.3) is 16.2 Å². The Morgan fingerprint density at radius 3 is 2.54 bits per heavy atom. The molecule has 2 heterocycles. The number of rotatable bonds is 3. The van der Waals surface area contributed by atoms with Gasteiger partial charge in [0.05, 0.1) is 16.8 Å². The summed E-state index contributed by atoms with van der Waals surface area (Å²) in [5, 5.41) is 8.47. The molecule has 0 saturated heterocycles. The predicted molar refractivity (Wildman–Crippen MR) is 100 cm³/mol. The monoisotopic (exact) mass is 402 g/mol. The van der Waals surface area contributed by atoms with Crippen molar-refractivity contribution in [3.63, 3.8) is 0 Å². The summed E-state index contributed by atoms with van der Waals surface area (Å²) in [6, 6.07) is 12.4. The molecule has 5 nitrogen and oxygen atoms in total. The molecule has 0 aliphatic carbocycles. The fraction of sp³-hybridized carbons (Fsp3) is 0.105. The van der Waals surface area contributed by atoms with Crippen molar-refractivity contribution in [2.75, 3.05) is 5.32 Å². The van der Waals surface area contributed by atoms with E-state index in [4.69, 9.17) is 0 Å². The summed E-state index contributed by atoms with van der Waals surface area (Å²) in [5.41, 5.74) is 1.33. The average molecular weight is 402 g/mol. The van der Waals surface area contributed by atoms with E-state index in [1.807, 2.05) is 36.6 Å². The molecule has 2 aromatic heterocycles. The maximum atomic E-state index is 13.1. The molecule has 9 heteroatoms. The van der Waals surface area contributed by atoms with Crippen LogP contribution >= 0.6 is 11.3 Å². The molecule has 4 aromatic rings. The molecule has 0 aliphatic heterocycles. The molecule has 4 rings (SSSR count). The van der Waals surface area contributed by atoms with Gasteiger partial charge in [0.2, 0.25) is 4.96 Å². The minimum atomic E-state index is -4.63. The van der Waals surface area contributed by atoms with Gasteiger partial charge in [-0.15, -0.1) is 16.4 Å². The number of anilines is 1. The molecule has 1 amide bonds. The zero-order chi connectivity index (χ0) is 19.9. The fourth-order valence-electron chi connectivity index (χ4n) is 2.75. The van der Waals surface area contributed by atoms with Gasteiger partial charge in [0.1, 0.15) is 0 Å². The Labute approximate surface area is 161 Å². The van der Waals surface area contributed by atoms with E-state index >= 15 is 0 Å². The summed E-state index contributed by atoms with van der Waals surface area (Å²) >= 11 is 1.32. The molecule has 28 heavy (non-hydrogen) atoms. The van der Waals surface area contributed by atoms with Crippen LogP contribution in [0, 0.1) is 6.92 Å². The van der Waals surface area contributed by atoms with Crippen molar-refractivity contribution in [3.05, 3.63) is 70.6 Å². The van der Waals surface area contributed by atoms with E-state index in [0.717, 1.165) is 29.0 Å². The molecule has 0 spiro atoms. The largest absolute Gasteiger partial charge is 0.417 e. The van der Waals surface area contributed by atoms with E-state index in [2.05, 4.69) is 15.4 Å². The first-order valence-corrected chi connectivity index (χ1v) is 9.10. The summed E-state index contributed by atoms with van der Waals surface area (Å²) in [4.78, 5) is 17.1. The highest BCUT2D eigenvalue weighted by atomic mass is 32.1. The average Bonchev–Trinajstić information content (AvgIpc) is 3.22. The highest BCUT2D eigenvalue weighted by Crippen LogP contribution is 2.32. The maximum Gasteiger partial charge on any atom is 0.417 e. The molecule has 2 aromatic carbocycles. The summed E-state index contributed by atoms with van der Waals surface area (Å²) in [6.07, 6.45) is -4.63. The Morgan fingerprint density at radius 2 is 1.82 bits per heavy atom. The predicted octanol–water partition coefficient (Wildman–Crippen LogP) is 5.04. The number of carbonyl (C=O) groups excluding carboxylic acids is 1. The van der Waals surface area contributed by atoms with Crippen LogP contribution in [0.15, 0.2) is 53.9 Å². The Bertz CT molecular complexity index is 1160. The molecule has 0 radical (unpaired) electrons. The van der Waals surface area contributed by atoms with Gasteiger partial charge in [0, 0.05) is 10.9 Å². The molecular weight excluding hydrogens is 389 g/mol. The molecule has 142 valence electrons. The van der Waals surface area contributed by atoms with E-state index < -0.39 is 23.2 Å². The van der Waals surface area contributed by atoms with Crippen LogP contribution in [0.4, 0.5) is 19.1 Å². The van der Waals surface area contributed by atoms with Crippen molar-refractivity contribution in [2.45, 2.75) is 13.1 Å². The van der Waals surface area contributed by atoms with Crippen molar-refractivity contribution in [1.29, 1.82) is 0 Å². The Morgan fingerprint density at radius 1 is 1.11 bits per heavy atom. The second-order valence-corrected chi connectivity index (χ2v) is 6.95. The van der Waals surface area contributed by atoms with Gasteiger partial charge in [-0.2, -0.15) is 18.2 Å². The molecule has 0 saturated carbocycles. The lowest BCUT2D eigenvalue weighted by atomic mass is 10.1. The van der Waals surface area contributed by atoms with Gasteiger partial charge in [-0.3, -0.25) is 10.1 Å². The first kappa shape index (κ1) is 18.2. The standard InChI is InChI=1S/C19H13F3N4OS/c1-11-6-8-12(9-7-11)15-10-28-18-24-17(25-26(15)18)23-16(27)13-4-2-3-5-14(13)19(20,21)22/h2-10H,1H3,(H,23,25,27). The number of alkyl halides is 3. The van der Waals surface area contributed by atoms with E-state index in [-0.39, 0.29) is 5.95 Å². The number of hydrogen-bond donors (Lipinski definition) is 1. The molecule has 0 unspecified atom stereocenters. The van der Waals surface area contributed by atoms with Crippen LogP contribution in [0.1, 0.15) is 21.5 Å². The molecular formula is C19H13F3N4OS. The first-order valence-electron chi connectivity index (χ1n) is 8.22. The highest BCUT2D eigenvalue weighted by Gasteiger charge is 2.35. The molecule has 1 N–H and O–H groups in total. The quantitative estimate of drug-likeness (QED) is 0.522. The smallest absolute Gasteiger partial charge is 0.289 e. The summed E-state index contributed by atoms with van der Waals surface area (Å²) in [6.45, 7) is 1.98. The number of halogens is 3. The third kappa shape index (κ3) is 3.36. The van der Waals surface area contributed by atoms with Crippen LogP contribution in [-0.2, 0) is 6.18 Å². The van der Waals surface area contributed by atoms with Crippen LogP contribution in [0.2, 0.25) is 0 Å². The number of amides is 1. The number of hydrogen-bond acceptors (Lipinski definition) is 4. The number of benzene rings is 2. The highest BCUT2D eigenvalue weighted by molar-refractivity contribution is 7.15. The summed E-state index contributed by atoms with van der Waals surface area (Å²) in [7, 11) is 0. The van der Waals surface area contributed by atoms with Crippen molar-refractivity contribution in [1.82, 2.24) is 14.6 Å². The topological polar surface area (TPSA) is 59.3 Å². The van der Waals surface area contributed by atoms with Crippen molar-refractivity contribution >= 4 is 28.2 Å². The number of nitrogens with one attached hydrogen (secondary N) is 1. The lowest BCUT2D eigenvalue weighted by Gasteiger charge is -2.11. The number of carbonyl (C=O) groups is 1. The summed E-state index contributed by atoms with van der Waals surface area (Å²) in [5.74, 6) is -0.967. The minimum absolute atomic E-state index is 0.0535. The van der Waals surface area contributed by atoms with E-state index in [1.54, 1.807) is 4.52 Å².